The molecular weight excluding hydrogens is 609 g/mol. The van der Waals surface area contributed by atoms with Crippen molar-refractivity contribution in [2.24, 2.45) is 0 Å². The van der Waals surface area contributed by atoms with Crippen LogP contribution in [0.15, 0.2) is 84.9 Å². The van der Waals surface area contributed by atoms with Crippen molar-refractivity contribution in [2.75, 3.05) is 0 Å². The van der Waals surface area contributed by atoms with Gasteiger partial charge in [0.2, 0.25) is 0 Å². The highest BCUT2D eigenvalue weighted by molar-refractivity contribution is 6.98. The first kappa shape index (κ1) is 32.8. The molecule has 5 aromatic carbocycles. The van der Waals surface area contributed by atoms with Gasteiger partial charge in [-0.15, -0.1) is 0 Å². The third-order valence-corrected chi connectivity index (χ3v) is 10.9. The predicted octanol–water partition coefficient (Wildman–Crippen LogP) is 10.7. The Bertz CT molecular complexity index is 2210. The van der Waals surface area contributed by atoms with Crippen molar-refractivity contribution < 1.29 is 9.47 Å². The standard InChI is InChI=1S/C46H50BNO2/c1-43(2,3)27-13-17-36-32(21-27)33-22-28(44(4,5)6)14-18-37(33)48(36)31-25-40-42-41(26-31)50-39-20-16-30(46(10,11)12)24-35(39)47(42)34-23-29(45(7,8)9)15-19-38(34)49-40/h13-26H,1-12H3. The van der Waals surface area contributed by atoms with Crippen LogP contribution in [-0.4, -0.2) is 11.3 Å². The van der Waals surface area contributed by atoms with Gasteiger partial charge in [-0.3, -0.25) is 0 Å². The minimum atomic E-state index is 0.00740. The number of nitrogens with zero attached hydrogens (tertiary/aromatic N) is 1. The summed E-state index contributed by atoms with van der Waals surface area (Å²) >= 11 is 0. The van der Waals surface area contributed by atoms with E-state index < -0.39 is 0 Å². The van der Waals surface area contributed by atoms with E-state index in [1.54, 1.807) is 0 Å². The number of hydrogen-bond acceptors (Lipinski definition) is 2. The summed E-state index contributed by atoms with van der Waals surface area (Å²) in [5.74, 6) is 3.55. The third-order valence-electron chi connectivity index (χ3n) is 10.9. The number of benzene rings is 5. The number of hydrogen-bond donors (Lipinski definition) is 0. The second-order valence-electron chi connectivity index (χ2n) is 18.8. The zero-order valence-corrected chi connectivity index (χ0v) is 31.9. The molecule has 1 aromatic heterocycles. The van der Waals surface area contributed by atoms with E-state index in [4.69, 9.17) is 9.47 Å². The molecule has 0 radical (unpaired) electrons. The zero-order chi connectivity index (χ0) is 35.7. The van der Waals surface area contributed by atoms with Crippen molar-refractivity contribution in [1.29, 1.82) is 0 Å². The summed E-state index contributed by atoms with van der Waals surface area (Å²) in [7, 11) is 0. The van der Waals surface area contributed by atoms with Crippen LogP contribution >= 0.6 is 0 Å². The van der Waals surface area contributed by atoms with Gasteiger partial charge >= 0.3 is 0 Å². The van der Waals surface area contributed by atoms with Gasteiger partial charge in [0.25, 0.3) is 6.71 Å². The molecule has 0 aliphatic carbocycles. The molecule has 0 amide bonds. The molecule has 254 valence electrons. The Morgan fingerprint density at radius 2 is 0.780 bits per heavy atom. The smallest absolute Gasteiger partial charge is 0.260 e. The summed E-state index contributed by atoms with van der Waals surface area (Å²) in [6.45, 7) is 27.4. The molecule has 2 aliphatic rings. The van der Waals surface area contributed by atoms with Gasteiger partial charge in [0.05, 0.1) is 16.7 Å². The summed E-state index contributed by atoms with van der Waals surface area (Å²) < 4.78 is 16.2. The Hall–Kier alpha value is -4.44. The summed E-state index contributed by atoms with van der Waals surface area (Å²) in [6, 6.07) is 32.0. The van der Waals surface area contributed by atoms with Crippen molar-refractivity contribution in [3.8, 4) is 28.7 Å². The largest absolute Gasteiger partial charge is 0.458 e. The molecule has 0 saturated carbocycles. The molecule has 3 nitrogen and oxygen atoms in total. The van der Waals surface area contributed by atoms with Gasteiger partial charge in [0, 0.05) is 28.4 Å². The number of ether oxygens (including phenoxy) is 2. The van der Waals surface area contributed by atoms with Gasteiger partial charge in [0.15, 0.2) is 0 Å². The molecule has 6 aromatic rings. The second kappa shape index (κ2) is 10.5. The van der Waals surface area contributed by atoms with Gasteiger partial charge in [-0.2, -0.15) is 0 Å². The first-order valence-electron chi connectivity index (χ1n) is 18.2. The molecule has 0 spiro atoms. The minimum Gasteiger partial charge on any atom is -0.458 e. The fraction of sp³-hybridized carbons (Fsp3) is 0.348. The molecule has 3 heterocycles. The van der Waals surface area contributed by atoms with Crippen LogP contribution in [0.5, 0.6) is 23.0 Å². The molecule has 0 fully saturated rings. The number of aromatic nitrogens is 1. The average molecular weight is 660 g/mol. The lowest BCUT2D eigenvalue weighted by Gasteiger charge is -2.35. The molecule has 0 bridgehead atoms. The van der Waals surface area contributed by atoms with Gasteiger partial charge < -0.3 is 14.0 Å². The van der Waals surface area contributed by atoms with Crippen molar-refractivity contribution in [3.63, 3.8) is 0 Å². The Morgan fingerprint density at radius 1 is 0.420 bits per heavy atom. The maximum Gasteiger partial charge on any atom is 0.260 e. The highest BCUT2D eigenvalue weighted by Crippen LogP contribution is 2.42. The molecule has 2 aliphatic heterocycles. The summed E-state index contributed by atoms with van der Waals surface area (Å²) in [5, 5.41) is 2.54. The Labute approximate surface area is 298 Å². The fourth-order valence-electron chi connectivity index (χ4n) is 7.79. The second-order valence-corrected chi connectivity index (χ2v) is 18.8. The molecule has 8 rings (SSSR count). The monoisotopic (exact) mass is 659 g/mol. The maximum absolute atomic E-state index is 6.90. The third kappa shape index (κ3) is 5.17. The van der Waals surface area contributed by atoms with Crippen LogP contribution in [-0.2, 0) is 21.7 Å². The summed E-state index contributed by atoms with van der Waals surface area (Å²) in [4.78, 5) is 0. The van der Waals surface area contributed by atoms with Crippen molar-refractivity contribution in [3.05, 3.63) is 107 Å². The lowest BCUT2D eigenvalue weighted by molar-refractivity contribution is 0.463. The zero-order valence-electron chi connectivity index (χ0n) is 31.9. The number of rotatable bonds is 1. The van der Waals surface area contributed by atoms with Crippen molar-refractivity contribution in [1.82, 2.24) is 4.57 Å². The number of fused-ring (bicyclic) bond motifs is 7. The Balaban J connectivity index is 1.40. The van der Waals surface area contributed by atoms with Crippen LogP contribution < -0.4 is 25.9 Å². The summed E-state index contributed by atoms with van der Waals surface area (Å²) in [6.07, 6.45) is 0. The topological polar surface area (TPSA) is 23.4 Å². The van der Waals surface area contributed by atoms with Crippen LogP contribution in [0.3, 0.4) is 0 Å². The molecule has 0 atom stereocenters. The van der Waals surface area contributed by atoms with Gasteiger partial charge in [-0.1, -0.05) is 119 Å². The molecule has 4 heteroatoms. The van der Waals surface area contributed by atoms with E-state index in [1.165, 1.54) is 55.0 Å². The van der Waals surface area contributed by atoms with E-state index in [9.17, 15) is 0 Å². The molecule has 0 saturated heterocycles. The summed E-state index contributed by atoms with van der Waals surface area (Å²) in [5.41, 5.74) is 12.3. The highest BCUT2D eigenvalue weighted by atomic mass is 16.5. The van der Waals surface area contributed by atoms with Crippen LogP contribution in [0.4, 0.5) is 0 Å². The average Bonchev–Trinajstić information content (AvgIpc) is 3.35. The van der Waals surface area contributed by atoms with Crippen molar-refractivity contribution >= 4 is 44.9 Å². The molecule has 0 unspecified atom stereocenters. The van der Waals surface area contributed by atoms with Gasteiger partial charge in [0.1, 0.15) is 23.0 Å². The fourth-order valence-corrected chi connectivity index (χ4v) is 7.79. The predicted molar refractivity (Wildman–Crippen MR) is 213 cm³/mol. The molecule has 0 N–H and O–H groups in total. The van der Waals surface area contributed by atoms with E-state index in [2.05, 4.69) is 173 Å². The molecular formula is C46H50BNO2. The highest BCUT2D eigenvalue weighted by Gasteiger charge is 2.42. The van der Waals surface area contributed by atoms with Crippen LogP contribution in [0, 0.1) is 0 Å². The van der Waals surface area contributed by atoms with Gasteiger partial charge in [-0.25, -0.2) is 0 Å². The normalized spacial score (nSPS) is 14.3. The molecule has 50 heavy (non-hydrogen) atoms. The first-order valence-corrected chi connectivity index (χ1v) is 18.2. The van der Waals surface area contributed by atoms with E-state index in [0.29, 0.717) is 0 Å². The Kier molecular flexibility index (Phi) is 6.91. The van der Waals surface area contributed by atoms with Crippen LogP contribution in [0.25, 0.3) is 27.5 Å². The minimum absolute atomic E-state index is 0.00740. The van der Waals surface area contributed by atoms with Crippen LogP contribution in [0.2, 0.25) is 0 Å². The lowest BCUT2D eigenvalue weighted by Crippen LogP contribution is -2.57. The van der Waals surface area contributed by atoms with Gasteiger partial charge in [-0.05, 0) is 91.2 Å². The lowest BCUT2D eigenvalue weighted by atomic mass is 9.34. The SMILES string of the molecule is CC(C)(C)c1ccc2c(c1)B1c3cc(C(C)(C)C)ccc3Oc3cc(-n4c5ccc(C(C)(C)C)cc5c5cc(C(C)(C)C)ccc54)cc(c31)O2. The quantitative estimate of drug-likeness (QED) is 0.164. The van der Waals surface area contributed by atoms with Crippen LogP contribution in [0.1, 0.15) is 105 Å². The van der Waals surface area contributed by atoms with E-state index in [-0.39, 0.29) is 28.4 Å². The van der Waals surface area contributed by atoms with E-state index in [0.717, 1.165) is 34.1 Å². The van der Waals surface area contributed by atoms with Crippen molar-refractivity contribution in [2.45, 2.75) is 105 Å². The first-order chi connectivity index (χ1) is 23.3. The van der Waals surface area contributed by atoms with E-state index >= 15 is 0 Å². The Morgan fingerprint density at radius 3 is 1.16 bits per heavy atom. The van der Waals surface area contributed by atoms with E-state index in [1.807, 2.05) is 0 Å². The maximum atomic E-state index is 6.90.